The molecule has 0 aliphatic rings. The SMILES string of the molecule is CCSCCC(C)n1cc[nH]c1=S. The van der Waals surface area contributed by atoms with E-state index in [1.54, 1.807) is 0 Å². The monoisotopic (exact) mass is 216 g/mol. The normalized spacial score (nSPS) is 13.1. The second-order valence-corrected chi connectivity index (χ2v) is 4.79. The Balaban J connectivity index is 2.44. The van der Waals surface area contributed by atoms with Crippen LogP contribution in [-0.2, 0) is 0 Å². The molecule has 0 aliphatic heterocycles. The zero-order valence-corrected chi connectivity index (χ0v) is 9.75. The van der Waals surface area contributed by atoms with Crippen molar-refractivity contribution < 1.29 is 0 Å². The summed E-state index contributed by atoms with van der Waals surface area (Å²) < 4.78 is 2.94. The number of nitrogens with one attached hydrogen (secondary N) is 1. The molecule has 13 heavy (non-hydrogen) atoms. The number of nitrogens with zero attached hydrogens (tertiary/aromatic N) is 1. The summed E-state index contributed by atoms with van der Waals surface area (Å²) in [6, 6.07) is 0.512. The predicted octanol–water partition coefficient (Wildman–Crippen LogP) is 3.25. The van der Waals surface area contributed by atoms with Gasteiger partial charge in [-0.2, -0.15) is 11.8 Å². The summed E-state index contributed by atoms with van der Waals surface area (Å²) in [6.45, 7) is 4.40. The van der Waals surface area contributed by atoms with Crippen molar-refractivity contribution in [2.45, 2.75) is 26.3 Å². The summed E-state index contributed by atoms with van der Waals surface area (Å²) in [5.41, 5.74) is 0. The van der Waals surface area contributed by atoms with Crippen LogP contribution in [0.25, 0.3) is 0 Å². The first kappa shape index (κ1) is 10.9. The lowest BCUT2D eigenvalue weighted by Gasteiger charge is -2.11. The van der Waals surface area contributed by atoms with E-state index >= 15 is 0 Å². The number of imidazole rings is 1. The molecular formula is C9H16N2S2. The molecule has 0 saturated carbocycles. The van der Waals surface area contributed by atoms with Crippen molar-refractivity contribution >= 4 is 24.0 Å². The van der Waals surface area contributed by atoms with E-state index in [9.17, 15) is 0 Å². The molecule has 0 saturated heterocycles. The average molecular weight is 216 g/mol. The maximum Gasteiger partial charge on any atom is 0.177 e. The molecule has 0 fully saturated rings. The average Bonchev–Trinajstić information content (AvgIpc) is 2.52. The second-order valence-electron chi connectivity index (χ2n) is 3.01. The van der Waals surface area contributed by atoms with Crippen molar-refractivity contribution in [3.8, 4) is 0 Å². The molecule has 1 aromatic rings. The van der Waals surface area contributed by atoms with Crippen LogP contribution in [0.5, 0.6) is 0 Å². The molecular weight excluding hydrogens is 200 g/mol. The summed E-state index contributed by atoms with van der Waals surface area (Å²) in [5, 5.41) is 0. The Hall–Kier alpha value is -0.220. The number of aromatic nitrogens is 2. The van der Waals surface area contributed by atoms with Gasteiger partial charge in [-0.1, -0.05) is 6.92 Å². The van der Waals surface area contributed by atoms with E-state index in [4.69, 9.17) is 12.2 Å². The first-order valence-electron chi connectivity index (χ1n) is 4.59. The van der Waals surface area contributed by atoms with Crippen LogP contribution >= 0.6 is 24.0 Å². The minimum Gasteiger partial charge on any atom is -0.337 e. The zero-order chi connectivity index (χ0) is 9.68. The van der Waals surface area contributed by atoms with Gasteiger partial charge in [-0.15, -0.1) is 0 Å². The van der Waals surface area contributed by atoms with E-state index in [2.05, 4.69) is 23.4 Å². The highest BCUT2D eigenvalue weighted by molar-refractivity contribution is 7.99. The van der Waals surface area contributed by atoms with Gasteiger partial charge in [-0.3, -0.25) is 0 Å². The van der Waals surface area contributed by atoms with Gasteiger partial charge in [0.1, 0.15) is 0 Å². The summed E-state index contributed by atoms with van der Waals surface area (Å²) in [5.74, 6) is 2.41. The molecule has 0 aliphatic carbocycles. The van der Waals surface area contributed by atoms with Crippen LogP contribution < -0.4 is 0 Å². The topological polar surface area (TPSA) is 20.7 Å². The Kier molecular flexibility index (Phi) is 4.59. The highest BCUT2D eigenvalue weighted by Gasteiger charge is 2.03. The Morgan fingerprint density at radius 1 is 1.69 bits per heavy atom. The molecule has 0 radical (unpaired) electrons. The summed E-state index contributed by atoms with van der Waals surface area (Å²) >= 11 is 7.12. The first-order valence-corrected chi connectivity index (χ1v) is 6.15. The van der Waals surface area contributed by atoms with Crippen molar-refractivity contribution in [2.75, 3.05) is 11.5 Å². The molecule has 1 heterocycles. The number of hydrogen-bond donors (Lipinski definition) is 1. The van der Waals surface area contributed by atoms with Gasteiger partial charge < -0.3 is 9.55 Å². The lowest BCUT2D eigenvalue weighted by Crippen LogP contribution is -2.05. The predicted molar refractivity (Wildman–Crippen MR) is 61.9 cm³/mol. The van der Waals surface area contributed by atoms with Gasteiger partial charge in [-0.05, 0) is 37.1 Å². The van der Waals surface area contributed by atoms with Gasteiger partial charge in [0.2, 0.25) is 0 Å². The van der Waals surface area contributed by atoms with Crippen LogP contribution in [0.1, 0.15) is 26.3 Å². The van der Waals surface area contributed by atoms with Gasteiger partial charge in [0.15, 0.2) is 4.77 Å². The molecule has 4 heteroatoms. The molecule has 1 atom stereocenters. The highest BCUT2D eigenvalue weighted by atomic mass is 32.2. The molecule has 1 N–H and O–H groups in total. The van der Waals surface area contributed by atoms with E-state index < -0.39 is 0 Å². The highest BCUT2D eigenvalue weighted by Crippen LogP contribution is 2.14. The Labute approximate surface area is 88.7 Å². The van der Waals surface area contributed by atoms with E-state index in [1.807, 2.05) is 24.2 Å². The van der Waals surface area contributed by atoms with Crippen LogP contribution in [0.3, 0.4) is 0 Å². The number of thioether (sulfide) groups is 1. The maximum atomic E-state index is 5.14. The van der Waals surface area contributed by atoms with Crippen LogP contribution in [0, 0.1) is 4.77 Å². The van der Waals surface area contributed by atoms with E-state index in [0.29, 0.717) is 6.04 Å². The molecule has 74 valence electrons. The molecule has 0 amide bonds. The largest absolute Gasteiger partial charge is 0.337 e. The number of rotatable bonds is 5. The number of aromatic amines is 1. The second kappa shape index (κ2) is 5.50. The summed E-state index contributed by atoms with van der Waals surface area (Å²) in [6.07, 6.45) is 5.10. The minimum atomic E-state index is 0.512. The van der Waals surface area contributed by atoms with Gasteiger partial charge in [0.05, 0.1) is 0 Å². The lowest BCUT2D eigenvalue weighted by molar-refractivity contribution is 0.528. The fraction of sp³-hybridized carbons (Fsp3) is 0.667. The molecule has 1 rings (SSSR count). The van der Waals surface area contributed by atoms with Crippen LogP contribution in [0.2, 0.25) is 0 Å². The Bertz CT molecular complexity index is 290. The fourth-order valence-electron chi connectivity index (χ4n) is 1.22. The number of H-pyrrole nitrogens is 1. The smallest absolute Gasteiger partial charge is 0.177 e. The van der Waals surface area contributed by atoms with Gasteiger partial charge in [-0.25, -0.2) is 0 Å². The standard InChI is InChI=1S/C9H16N2S2/c1-3-13-7-4-8(2)11-6-5-10-9(11)12/h5-6,8H,3-4,7H2,1-2H3,(H,10,12). The molecule has 1 aromatic heterocycles. The lowest BCUT2D eigenvalue weighted by atomic mass is 10.2. The van der Waals surface area contributed by atoms with Crippen molar-refractivity contribution in [3.05, 3.63) is 17.2 Å². The fourth-order valence-corrected chi connectivity index (χ4v) is 2.32. The molecule has 1 unspecified atom stereocenters. The Morgan fingerprint density at radius 2 is 2.46 bits per heavy atom. The van der Waals surface area contributed by atoms with Crippen molar-refractivity contribution in [2.24, 2.45) is 0 Å². The number of hydrogen-bond acceptors (Lipinski definition) is 2. The van der Waals surface area contributed by atoms with Gasteiger partial charge >= 0.3 is 0 Å². The maximum absolute atomic E-state index is 5.14. The quantitative estimate of drug-likeness (QED) is 0.602. The molecule has 0 spiro atoms. The first-order chi connectivity index (χ1) is 6.25. The Morgan fingerprint density at radius 3 is 3.00 bits per heavy atom. The van der Waals surface area contributed by atoms with Crippen LogP contribution in [-0.4, -0.2) is 21.1 Å². The molecule has 0 aromatic carbocycles. The van der Waals surface area contributed by atoms with E-state index in [1.165, 1.54) is 17.9 Å². The van der Waals surface area contributed by atoms with Crippen LogP contribution in [0.15, 0.2) is 12.4 Å². The molecule has 0 bridgehead atoms. The summed E-state index contributed by atoms with van der Waals surface area (Å²) in [7, 11) is 0. The van der Waals surface area contributed by atoms with Crippen molar-refractivity contribution in [1.82, 2.24) is 9.55 Å². The van der Waals surface area contributed by atoms with Crippen LogP contribution in [0.4, 0.5) is 0 Å². The van der Waals surface area contributed by atoms with Gasteiger partial charge in [0, 0.05) is 18.4 Å². The van der Waals surface area contributed by atoms with Crippen molar-refractivity contribution in [1.29, 1.82) is 0 Å². The zero-order valence-electron chi connectivity index (χ0n) is 8.12. The third-order valence-electron chi connectivity index (χ3n) is 2.04. The molecule has 2 nitrogen and oxygen atoms in total. The van der Waals surface area contributed by atoms with Crippen molar-refractivity contribution in [3.63, 3.8) is 0 Å². The van der Waals surface area contributed by atoms with E-state index in [0.717, 1.165) is 4.77 Å². The summed E-state index contributed by atoms with van der Waals surface area (Å²) in [4.78, 5) is 3.01. The third kappa shape index (κ3) is 3.19. The third-order valence-corrected chi connectivity index (χ3v) is 3.30. The van der Waals surface area contributed by atoms with Gasteiger partial charge in [0.25, 0.3) is 0 Å². The van der Waals surface area contributed by atoms with E-state index in [-0.39, 0.29) is 0 Å². The minimum absolute atomic E-state index is 0.512.